The number of hydrogen-bond donors (Lipinski definition) is 3. The lowest BCUT2D eigenvalue weighted by Gasteiger charge is -2.23. The summed E-state index contributed by atoms with van der Waals surface area (Å²) >= 11 is 0. The molecule has 3 aromatic rings. The molecule has 0 saturated carbocycles. The molecule has 3 aromatic carbocycles. The Kier molecular flexibility index (Phi) is 9.11. The largest absolute Gasteiger partial charge is 0.506 e. The quantitative estimate of drug-likeness (QED) is 0.194. The van der Waals surface area contributed by atoms with Gasteiger partial charge in [0, 0.05) is 17.2 Å². The van der Waals surface area contributed by atoms with E-state index < -0.39 is 5.60 Å². The molecule has 184 valence electrons. The fourth-order valence-electron chi connectivity index (χ4n) is 3.85. The first-order valence-electron chi connectivity index (χ1n) is 12.1. The molecule has 0 aliphatic carbocycles. The Morgan fingerprint density at radius 3 is 2.00 bits per heavy atom. The number of aromatic hydroxyl groups is 1. The fraction of sp³-hybridized carbons (Fsp3) is 0.414. The number of hydrogen-bond acceptors (Lipinski definition) is 5. The average Bonchev–Trinajstić information content (AvgIpc) is 2.78. The van der Waals surface area contributed by atoms with Gasteiger partial charge in [0.05, 0.1) is 16.8 Å². The number of nitrogens with zero attached hydrogens (tertiary/aromatic N) is 1. The van der Waals surface area contributed by atoms with Gasteiger partial charge in [-0.05, 0) is 55.9 Å². The summed E-state index contributed by atoms with van der Waals surface area (Å²) < 4.78 is 6.10. The predicted molar refractivity (Wildman–Crippen MR) is 145 cm³/mol. The van der Waals surface area contributed by atoms with Gasteiger partial charge in [0.2, 0.25) is 0 Å². The van der Waals surface area contributed by atoms with Gasteiger partial charge in [-0.1, -0.05) is 71.9 Å². The van der Waals surface area contributed by atoms with Crippen LogP contribution in [0.25, 0.3) is 10.8 Å². The second kappa shape index (κ2) is 11.4. The molecule has 0 radical (unpaired) electrons. The molecule has 0 saturated heterocycles. The highest BCUT2D eigenvalue weighted by atomic mass is 16.5. The minimum Gasteiger partial charge on any atom is -0.506 e. The van der Waals surface area contributed by atoms with Crippen LogP contribution in [0.1, 0.15) is 90.8 Å². The zero-order chi connectivity index (χ0) is 25.6. The number of fused-ring (bicyclic) bond motifs is 1. The van der Waals surface area contributed by atoms with Crippen molar-refractivity contribution in [2.75, 3.05) is 5.48 Å². The Morgan fingerprint density at radius 1 is 0.941 bits per heavy atom. The summed E-state index contributed by atoms with van der Waals surface area (Å²) in [5.74, 6) is 1.24. The molecule has 0 unspecified atom stereocenters. The fourth-order valence-corrected chi connectivity index (χ4v) is 3.85. The monoisotopic (exact) mass is 464 g/mol. The molecule has 0 heterocycles. The zero-order valence-electron chi connectivity index (χ0n) is 22.0. The number of benzene rings is 3. The maximum atomic E-state index is 11.2. The van der Waals surface area contributed by atoms with E-state index in [-0.39, 0.29) is 5.75 Å². The highest BCUT2D eigenvalue weighted by molar-refractivity contribution is 6.07. The molecule has 0 aromatic heterocycles. The van der Waals surface area contributed by atoms with E-state index in [1.807, 2.05) is 52.8 Å². The second-order valence-corrected chi connectivity index (χ2v) is 9.72. The molecule has 0 aliphatic rings. The van der Waals surface area contributed by atoms with Gasteiger partial charge in [-0.25, -0.2) is 0 Å². The van der Waals surface area contributed by atoms with Gasteiger partial charge in [-0.15, -0.1) is 0 Å². The lowest BCUT2D eigenvalue weighted by atomic mass is 9.93. The first-order valence-corrected chi connectivity index (χ1v) is 12.1. The SMILES string of the molecule is CC.CC(C)c1cccc(C(C)C)c1N=Cc1cc(NO)c2cccc(OC(C)(C)C)c2c1O. The van der Waals surface area contributed by atoms with Gasteiger partial charge in [-0.2, -0.15) is 0 Å². The van der Waals surface area contributed by atoms with E-state index in [0.29, 0.717) is 39.6 Å². The first-order chi connectivity index (χ1) is 16.0. The number of anilines is 1. The molecule has 3 rings (SSSR count). The standard InChI is InChI=1S/C27H34N2O3.C2H6/c1-16(2)19-10-8-11-20(17(3)4)25(19)28-15-18-14-22(29-31)21-12-9-13-23(24(21)26(18)30)32-27(5,6)7;1-2/h8-17,29-31H,1-7H3;1-2H3. The Bertz CT molecular complexity index is 1120. The van der Waals surface area contributed by atoms with Crippen LogP contribution < -0.4 is 10.2 Å². The molecule has 0 aliphatic heterocycles. The number of phenols is 1. The summed E-state index contributed by atoms with van der Waals surface area (Å²) in [5.41, 5.74) is 6.02. The van der Waals surface area contributed by atoms with Crippen LogP contribution in [0.3, 0.4) is 0 Å². The molecule has 3 N–H and O–H groups in total. The van der Waals surface area contributed by atoms with Crippen molar-refractivity contribution >= 4 is 28.4 Å². The Balaban J connectivity index is 0.00000199. The molecule has 0 bridgehead atoms. The highest BCUT2D eigenvalue weighted by Crippen LogP contribution is 2.41. The molecule has 0 atom stereocenters. The Labute approximate surface area is 204 Å². The van der Waals surface area contributed by atoms with E-state index in [4.69, 9.17) is 9.73 Å². The summed E-state index contributed by atoms with van der Waals surface area (Å²) in [6.45, 7) is 18.5. The summed E-state index contributed by atoms with van der Waals surface area (Å²) in [5, 5.41) is 22.2. The minimum atomic E-state index is -0.444. The van der Waals surface area contributed by atoms with Crippen molar-refractivity contribution in [3.63, 3.8) is 0 Å². The van der Waals surface area contributed by atoms with E-state index in [0.717, 1.165) is 16.8 Å². The molecule has 5 nitrogen and oxygen atoms in total. The van der Waals surface area contributed by atoms with Crippen LogP contribution in [0.2, 0.25) is 0 Å². The van der Waals surface area contributed by atoms with Crippen molar-refractivity contribution in [1.29, 1.82) is 0 Å². The molecule has 0 fully saturated rings. The summed E-state index contributed by atoms with van der Waals surface area (Å²) in [6.07, 6.45) is 1.66. The number of phenolic OH excluding ortho intramolecular Hbond substituents is 1. The van der Waals surface area contributed by atoms with Gasteiger partial charge in [0.25, 0.3) is 0 Å². The van der Waals surface area contributed by atoms with Gasteiger partial charge >= 0.3 is 0 Å². The number of rotatable bonds is 6. The first kappa shape index (κ1) is 27.2. The zero-order valence-corrected chi connectivity index (χ0v) is 22.0. The normalized spacial score (nSPS) is 11.8. The van der Waals surface area contributed by atoms with Crippen LogP contribution >= 0.6 is 0 Å². The van der Waals surface area contributed by atoms with Gasteiger partial charge in [-0.3, -0.25) is 15.7 Å². The van der Waals surface area contributed by atoms with Crippen LogP contribution in [-0.4, -0.2) is 22.1 Å². The van der Waals surface area contributed by atoms with Crippen molar-refractivity contribution in [3.8, 4) is 11.5 Å². The molecular weight excluding hydrogens is 424 g/mol. The summed E-state index contributed by atoms with van der Waals surface area (Å²) in [7, 11) is 0. The van der Waals surface area contributed by atoms with E-state index in [1.54, 1.807) is 12.3 Å². The Hall–Kier alpha value is -3.05. The smallest absolute Gasteiger partial charge is 0.136 e. The van der Waals surface area contributed by atoms with E-state index >= 15 is 0 Å². The maximum absolute atomic E-state index is 11.2. The summed E-state index contributed by atoms with van der Waals surface area (Å²) in [4.78, 5) is 4.83. The number of aliphatic imine (C=N–C) groups is 1. The minimum absolute atomic E-state index is 0.0655. The van der Waals surface area contributed by atoms with Gasteiger partial charge in [0.15, 0.2) is 0 Å². The van der Waals surface area contributed by atoms with Crippen LogP contribution in [0.5, 0.6) is 11.5 Å². The molecule has 0 spiro atoms. The van der Waals surface area contributed by atoms with Crippen LogP contribution in [0.4, 0.5) is 11.4 Å². The Morgan fingerprint density at radius 2 is 1.50 bits per heavy atom. The van der Waals surface area contributed by atoms with Gasteiger partial charge < -0.3 is 9.84 Å². The third kappa shape index (κ3) is 6.09. The topological polar surface area (TPSA) is 74.1 Å². The third-order valence-corrected chi connectivity index (χ3v) is 5.34. The third-order valence-electron chi connectivity index (χ3n) is 5.34. The van der Waals surface area contributed by atoms with E-state index in [1.165, 1.54) is 0 Å². The number of nitrogens with one attached hydrogen (secondary N) is 1. The second-order valence-electron chi connectivity index (χ2n) is 9.72. The van der Waals surface area contributed by atoms with Crippen molar-refractivity contribution in [2.45, 2.75) is 79.8 Å². The molecule has 5 heteroatoms. The number of ether oxygens (including phenoxy) is 1. The van der Waals surface area contributed by atoms with Crippen molar-refractivity contribution in [3.05, 3.63) is 59.2 Å². The van der Waals surface area contributed by atoms with Crippen LogP contribution in [0.15, 0.2) is 47.5 Å². The molecule has 34 heavy (non-hydrogen) atoms. The van der Waals surface area contributed by atoms with Crippen molar-refractivity contribution < 1.29 is 15.1 Å². The predicted octanol–water partition coefficient (Wildman–Crippen LogP) is 8.55. The maximum Gasteiger partial charge on any atom is 0.136 e. The van der Waals surface area contributed by atoms with Crippen LogP contribution in [0, 0.1) is 0 Å². The summed E-state index contributed by atoms with van der Waals surface area (Å²) in [6, 6.07) is 13.4. The van der Waals surface area contributed by atoms with E-state index in [2.05, 4.69) is 51.4 Å². The van der Waals surface area contributed by atoms with Gasteiger partial charge in [0.1, 0.15) is 17.1 Å². The highest BCUT2D eigenvalue weighted by Gasteiger charge is 2.19. The molecular formula is C29H40N2O3. The van der Waals surface area contributed by atoms with Crippen molar-refractivity contribution in [1.82, 2.24) is 0 Å². The molecule has 0 amide bonds. The average molecular weight is 465 g/mol. The lowest BCUT2D eigenvalue weighted by Crippen LogP contribution is -2.23. The number of para-hydroxylation sites is 1. The van der Waals surface area contributed by atoms with E-state index in [9.17, 15) is 10.3 Å². The lowest BCUT2D eigenvalue weighted by molar-refractivity contribution is 0.133. The van der Waals surface area contributed by atoms with Crippen LogP contribution in [-0.2, 0) is 0 Å². The van der Waals surface area contributed by atoms with Crippen molar-refractivity contribution in [2.24, 2.45) is 4.99 Å².